The fraction of sp³-hybridized carbons (Fsp3) is 0.281. The number of hydrogen-bond donors (Lipinski definition) is 3. The summed E-state index contributed by atoms with van der Waals surface area (Å²) < 4.78 is 78.5. The molecule has 0 aliphatic heterocycles. The largest absolute Gasteiger partial charge is 0.494 e. The summed E-state index contributed by atoms with van der Waals surface area (Å²) in [7, 11) is 1.18. The molecule has 0 fully saturated rings. The predicted molar refractivity (Wildman–Crippen MR) is 157 cm³/mol. The van der Waals surface area contributed by atoms with E-state index in [1.165, 1.54) is 44.4 Å². The molecule has 0 aliphatic rings. The molecule has 0 aliphatic carbocycles. The van der Waals surface area contributed by atoms with Crippen molar-refractivity contribution >= 4 is 5.97 Å². The lowest BCUT2D eigenvalue weighted by molar-refractivity contribution is -0.139. The van der Waals surface area contributed by atoms with Crippen molar-refractivity contribution in [3.63, 3.8) is 0 Å². The minimum absolute atomic E-state index is 0.0469. The van der Waals surface area contributed by atoms with Gasteiger partial charge < -0.3 is 14.9 Å². The van der Waals surface area contributed by atoms with Gasteiger partial charge in [-0.1, -0.05) is 48.5 Å². The Hall–Kier alpha value is -4.82. The van der Waals surface area contributed by atoms with Crippen LogP contribution in [0.15, 0.2) is 76.3 Å². The van der Waals surface area contributed by atoms with Crippen molar-refractivity contribution in [3.05, 3.63) is 122 Å². The Labute approximate surface area is 259 Å². The number of rotatable bonds is 12. The number of benzene rings is 3. The van der Waals surface area contributed by atoms with E-state index in [2.05, 4.69) is 5.32 Å². The molecule has 0 saturated heterocycles. The maximum atomic E-state index is 15.6. The number of ether oxygens (including phenoxy) is 1. The summed E-state index contributed by atoms with van der Waals surface area (Å²) in [5.74, 6) is -3.64. The highest BCUT2D eigenvalue weighted by Gasteiger charge is 2.36. The van der Waals surface area contributed by atoms with E-state index in [0.717, 1.165) is 12.1 Å². The van der Waals surface area contributed by atoms with Gasteiger partial charge in [-0.15, -0.1) is 0 Å². The number of halogens is 5. The first kappa shape index (κ1) is 34.1. The van der Waals surface area contributed by atoms with Crippen molar-refractivity contribution in [2.45, 2.75) is 44.8 Å². The van der Waals surface area contributed by atoms with Gasteiger partial charge in [-0.05, 0) is 38.1 Å². The molecule has 0 saturated carbocycles. The molecule has 46 heavy (non-hydrogen) atoms. The Morgan fingerprint density at radius 2 is 1.63 bits per heavy atom. The number of aliphatic hydroxyl groups is 1. The first-order chi connectivity index (χ1) is 21.7. The summed E-state index contributed by atoms with van der Waals surface area (Å²) in [6.07, 6.45) is -5.22. The number of nitrogens with one attached hydrogen (secondary N) is 1. The molecule has 9 nitrogen and oxygen atoms in total. The molecule has 14 heteroatoms. The summed E-state index contributed by atoms with van der Waals surface area (Å²) in [6.45, 7) is -0.720. The number of aromatic nitrogens is 2. The summed E-state index contributed by atoms with van der Waals surface area (Å²) in [5.41, 5.74) is -7.67. The van der Waals surface area contributed by atoms with Gasteiger partial charge in [0.25, 0.3) is 5.56 Å². The summed E-state index contributed by atoms with van der Waals surface area (Å²) in [6, 6.07) is 13.8. The van der Waals surface area contributed by atoms with Gasteiger partial charge in [-0.2, -0.15) is 13.2 Å². The van der Waals surface area contributed by atoms with Crippen molar-refractivity contribution in [3.8, 4) is 16.9 Å². The monoisotopic (exact) mass is 647 g/mol. The highest BCUT2D eigenvalue weighted by Crippen LogP contribution is 2.34. The van der Waals surface area contributed by atoms with Crippen LogP contribution >= 0.6 is 0 Å². The molecule has 1 heterocycles. The lowest BCUT2D eigenvalue weighted by atomic mass is 10.0. The van der Waals surface area contributed by atoms with Crippen molar-refractivity contribution < 1.29 is 41.7 Å². The molecule has 1 aromatic heterocycles. The third-order valence-corrected chi connectivity index (χ3v) is 7.50. The van der Waals surface area contributed by atoms with E-state index in [0.29, 0.717) is 15.2 Å². The predicted octanol–water partition coefficient (Wildman–Crippen LogP) is 4.64. The van der Waals surface area contributed by atoms with E-state index in [1.807, 2.05) is 0 Å². The number of methoxy groups -OCH3 is 1. The minimum atomic E-state index is -5.00. The van der Waals surface area contributed by atoms with Gasteiger partial charge in [-0.3, -0.25) is 24.0 Å². The van der Waals surface area contributed by atoms with Crippen molar-refractivity contribution in [2.75, 3.05) is 13.7 Å². The number of carboxylic acid groups (broad SMARTS) is 1. The SMILES string of the molecule is COc1cccc(-c2c(C)n(Cc3c(F)cccc3C(F)(F)F)c(=O)n(C[C@@](O)(NCCCC(=O)O)c3ccccc3)c2=O)c1F. The summed E-state index contributed by atoms with van der Waals surface area (Å²) in [5, 5.41) is 23.6. The number of nitrogens with zero attached hydrogens (tertiary/aromatic N) is 2. The van der Waals surface area contributed by atoms with Crippen molar-refractivity contribution in [2.24, 2.45) is 0 Å². The molecule has 0 unspecified atom stereocenters. The molecule has 244 valence electrons. The maximum absolute atomic E-state index is 15.6. The van der Waals surface area contributed by atoms with Crippen LogP contribution in [0.4, 0.5) is 22.0 Å². The number of carbonyl (C=O) groups is 1. The fourth-order valence-electron chi connectivity index (χ4n) is 5.17. The number of aliphatic carboxylic acids is 1. The first-order valence-corrected chi connectivity index (χ1v) is 14.0. The van der Waals surface area contributed by atoms with E-state index in [-0.39, 0.29) is 42.0 Å². The summed E-state index contributed by atoms with van der Waals surface area (Å²) in [4.78, 5) is 39.1. The first-order valence-electron chi connectivity index (χ1n) is 14.0. The second-order valence-electron chi connectivity index (χ2n) is 10.5. The van der Waals surface area contributed by atoms with Crippen LogP contribution in [-0.2, 0) is 29.8 Å². The Bertz CT molecular complexity index is 1860. The van der Waals surface area contributed by atoms with Crippen LogP contribution in [0.1, 0.15) is 35.2 Å². The molecule has 0 bridgehead atoms. The third kappa shape index (κ3) is 7.02. The van der Waals surface area contributed by atoms with Crippen LogP contribution < -0.4 is 21.3 Å². The van der Waals surface area contributed by atoms with Crippen LogP contribution in [0, 0.1) is 18.6 Å². The standard InChI is InChI=1S/C32H30F5N3O6/c1-19-27(21-11-6-14-25(46-2)28(21)34)29(43)40(18-31(45,20-9-4-3-5-10-20)38-16-8-15-26(41)42)30(44)39(19)17-22-23(32(35,36)37)12-7-13-24(22)33/h3-7,9-14,38,45H,8,15-18H2,1-2H3,(H,41,42)/t31-/m0/s1. The molecule has 0 radical (unpaired) electrons. The normalized spacial score (nSPS) is 13.0. The van der Waals surface area contributed by atoms with E-state index in [4.69, 9.17) is 9.84 Å². The average molecular weight is 648 g/mol. The van der Waals surface area contributed by atoms with E-state index in [9.17, 15) is 37.1 Å². The molecule has 0 spiro atoms. The zero-order chi connectivity index (χ0) is 33.8. The maximum Gasteiger partial charge on any atom is 0.416 e. The minimum Gasteiger partial charge on any atom is -0.494 e. The Morgan fingerprint density at radius 3 is 2.26 bits per heavy atom. The zero-order valence-electron chi connectivity index (χ0n) is 24.7. The molecular formula is C32H30F5N3O6. The van der Waals surface area contributed by atoms with Gasteiger partial charge >= 0.3 is 17.8 Å². The Morgan fingerprint density at radius 1 is 0.957 bits per heavy atom. The molecule has 1 atom stereocenters. The van der Waals surface area contributed by atoms with E-state index in [1.54, 1.807) is 18.2 Å². The van der Waals surface area contributed by atoms with Crippen molar-refractivity contribution in [1.82, 2.24) is 14.5 Å². The molecule has 4 aromatic rings. The highest BCUT2D eigenvalue weighted by atomic mass is 19.4. The second kappa shape index (κ2) is 13.7. The van der Waals surface area contributed by atoms with Gasteiger partial charge in [0.2, 0.25) is 0 Å². The van der Waals surface area contributed by atoms with Gasteiger partial charge in [0.15, 0.2) is 17.3 Å². The molecule has 0 amide bonds. The van der Waals surface area contributed by atoms with Gasteiger partial charge in [0.05, 0.1) is 31.3 Å². The van der Waals surface area contributed by atoms with Crippen molar-refractivity contribution in [1.29, 1.82) is 0 Å². The molecule has 3 N–H and O–H groups in total. The van der Waals surface area contributed by atoms with Gasteiger partial charge in [-0.25, -0.2) is 13.6 Å². The van der Waals surface area contributed by atoms with Crippen LogP contribution in [0.3, 0.4) is 0 Å². The number of carboxylic acids is 1. The van der Waals surface area contributed by atoms with Crippen LogP contribution in [0.5, 0.6) is 5.75 Å². The molecular weight excluding hydrogens is 617 g/mol. The smallest absolute Gasteiger partial charge is 0.416 e. The number of alkyl halides is 3. The Kier molecular flexibility index (Phi) is 10.1. The topological polar surface area (TPSA) is 123 Å². The van der Waals surface area contributed by atoms with Crippen LogP contribution in [0.25, 0.3) is 11.1 Å². The molecule has 3 aromatic carbocycles. The lowest BCUT2D eigenvalue weighted by Crippen LogP contribution is -2.52. The second-order valence-corrected chi connectivity index (χ2v) is 10.5. The summed E-state index contributed by atoms with van der Waals surface area (Å²) >= 11 is 0. The third-order valence-electron chi connectivity index (χ3n) is 7.50. The Balaban J connectivity index is 2.00. The fourth-order valence-corrected chi connectivity index (χ4v) is 5.17. The van der Waals surface area contributed by atoms with Crippen LogP contribution in [0.2, 0.25) is 0 Å². The lowest BCUT2D eigenvalue weighted by Gasteiger charge is -2.31. The highest BCUT2D eigenvalue weighted by molar-refractivity contribution is 5.68. The van der Waals surface area contributed by atoms with Gasteiger partial charge in [0.1, 0.15) is 5.82 Å². The average Bonchev–Trinajstić information content (AvgIpc) is 3.01. The number of hydrogen-bond acceptors (Lipinski definition) is 6. The van der Waals surface area contributed by atoms with E-state index < -0.39 is 70.5 Å². The van der Waals surface area contributed by atoms with Crippen LogP contribution in [-0.4, -0.2) is 39.0 Å². The van der Waals surface area contributed by atoms with E-state index >= 15 is 4.39 Å². The quantitative estimate of drug-likeness (QED) is 0.116. The zero-order valence-corrected chi connectivity index (χ0v) is 24.7. The van der Waals surface area contributed by atoms with Gasteiger partial charge in [0, 0.05) is 28.8 Å². The molecule has 4 rings (SSSR count).